The van der Waals surface area contributed by atoms with Crippen LogP contribution >= 0.6 is 11.6 Å². The van der Waals surface area contributed by atoms with Crippen molar-refractivity contribution in [1.29, 1.82) is 0 Å². The molecule has 0 radical (unpaired) electrons. The van der Waals surface area contributed by atoms with Gasteiger partial charge in [0, 0.05) is 27.7 Å². The first-order valence-electron chi connectivity index (χ1n) is 5.76. The van der Waals surface area contributed by atoms with Crippen molar-refractivity contribution in [3.63, 3.8) is 0 Å². The maximum atomic E-state index is 6.08. The van der Waals surface area contributed by atoms with Gasteiger partial charge in [-0.25, -0.2) is 0 Å². The molecule has 90 valence electrons. The van der Waals surface area contributed by atoms with Crippen molar-refractivity contribution in [2.24, 2.45) is 0 Å². The van der Waals surface area contributed by atoms with Crippen LogP contribution < -0.4 is 4.74 Å². The SMILES string of the molecule is Clc1ccccc1COc1ccc2[nH]ccc2c1. The molecular formula is C15H12ClNO. The van der Waals surface area contributed by atoms with Crippen LogP contribution in [-0.4, -0.2) is 4.98 Å². The van der Waals surface area contributed by atoms with Crippen molar-refractivity contribution in [3.05, 3.63) is 65.3 Å². The second-order valence-electron chi connectivity index (χ2n) is 4.11. The van der Waals surface area contributed by atoms with E-state index in [1.165, 1.54) is 0 Å². The summed E-state index contributed by atoms with van der Waals surface area (Å²) in [6.45, 7) is 0.482. The maximum absolute atomic E-state index is 6.08. The number of halogens is 1. The van der Waals surface area contributed by atoms with Crippen LogP contribution in [0.25, 0.3) is 10.9 Å². The number of ether oxygens (including phenoxy) is 1. The third-order valence-electron chi connectivity index (χ3n) is 2.88. The van der Waals surface area contributed by atoms with Gasteiger partial charge in [0.25, 0.3) is 0 Å². The highest BCUT2D eigenvalue weighted by atomic mass is 35.5. The number of fused-ring (bicyclic) bond motifs is 1. The molecule has 1 aromatic heterocycles. The monoisotopic (exact) mass is 257 g/mol. The van der Waals surface area contributed by atoms with E-state index in [-0.39, 0.29) is 0 Å². The summed E-state index contributed by atoms with van der Waals surface area (Å²) in [6, 6.07) is 15.7. The fourth-order valence-electron chi connectivity index (χ4n) is 1.90. The second kappa shape index (κ2) is 4.75. The van der Waals surface area contributed by atoms with Gasteiger partial charge in [-0.15, -0.1) is 0 Å². The third kappa shape index (κ3) is 2.20. The Hall–Kier alpha value is -1.93. The van der Waals surface area contributed by atoms with E-state index >= 15 is 0 Å². The molecule has 0 saturated heterocycles. The molecule has 3 aromatic rings. The van der Waals surface area contributed by atoms with Gasteiger partial charge in [-0.2, -0.15) is 0 Å². The number of aromatic amines is 1. The minimum absolute atomic E-state index is 0.482. The molecule has 1 N–H and O–H groups in total. The quantitative estimate of drug-likeness (QED) is 0.739. The van der Waals surface area contributed by atoms with Crippen LogP contribution in [0.4, 0.5) is 0 Å². The van der Waals surface area contributed by atoms with Crippen molar-refractivity contribution < 1.29 is 4.74 Å². The second-order valence-corrected chi connectivity index (χ2v) is 4.51. The summed E-state index contributed by atoms with van der Waals surface area (Å²) >= 11 is 6.08. The molecule has 0 aliphatic carbocycles. The van der Waals surface area contributed by atoms with Crippen molar-refractivity contribution in [2.45, 2.75) is 6.61 Å². The zero-order valence-electron chi connectivity index (χ0n) is 9.69. The van der Waals surface area contributed by atoms with Crippen molar-refractivity contribution in [3.8, 4) is 5.75 Å². The summed E-state index contributed by atoms with van der Waals surface area (Å²) in [5.41, 5.74) is 2.11. The lowest BCUT2D eigenvalue weighted by Gasteiger charge is -2.07. The summed E-state index contributed by atoms with van der Waals surface area (Å²) < 4.78 is 5.75. The van der Waals surface area contributed by atoms with Gasteiger partial charge in [-0.1, -0.05) is 29.8 Å². The predicted molar refractivity (Wildman–Crippen MR) is 74.1 cm³/mol. The van der Waals surface area contributed by atoms with Crippen LogP contribution in [-0.2, 0) is 6.61 Å². The summed E-state index contributed by atoms with van der Waals surface area (Å²) in [5.74, 6) is 0.849. The zero-order valence-corrected chi connectivity index (χ0v) is 10.4. The lowest BCUT2D eigenvalue weighted by atomic mass is 10.2. The number of benzene rings is 2. The number of aromatic nitrogens is 1. The van der Waals surface area contributed by atoms with Crippen LogP contribution in [0.3, 0.4) is 0 Å². The summed E-state index contributed by atoms with van der Waals surface area (Å²) in [6.07, 6.45) is 1.92. The Balaban J connectivity index is 1.78. The topological polar surface area (TPSA) is 25.0 Å². The highest BCUT2D eigenvalue weighted by Gasteiger charge is 2.01. The van der Waals surface area contributed by atoms with Gasteiger partial charge in [0.05, 0.1) is 0 Å². The van der Waals surface area contributed by atoms with E-state index in [9.17, 15) is 0 Å². The summed E-state index contributed by atoms with van der Waals surface area (Å²) in [7, 11) is 0. The Bertz CT molecular complexity index is 675. The van der Waals surface area contributed by atoms with Gasteiger partial charge in [-0.05, 0) is 30.3 Å². The van der Waals surface area contributed by atoms with E-state index in [1.54, 1.807) is 0 Å². The highest BCUT2D eigenvalue weighted by molar-refractivity contribution is 6.31. The van der Waals surface area contributed by atoms with Gasteiger partial charge in [0.1, 0.15) is 12.4 Å². The van der Waals surface area contributed by atoms with E-state index in [4.69, 9.17) is 16.3 Å². The molecule has 1 heterocycles. The Labute approximate surface area is 110 Å². The predicted octanol–water partition coefficient (Wildman–Crippen LogP) is 4.40. The Morgan fingerprint density at radius 1 is 1.06 bits per heavy atom. The van der Waals surface area contributed by atoms with Crippen LogP contribution in [0, 0.1) is 0 Å². The molecule has 2 nitrogen and oxygen atoms in total. The summed E-state index contributed by atoms with van der Waals surface area (Å²) in [4.78, 5) is 3.15. The Kier molecular flexibility index (Phi) is 2.95. The van der Waals surface area contributed by atoms with Gasteiger partial charge in [-0.3, -0.25) is 0 Å². The summed E-state index contributed by atoms with van der Waals surface area (Å²) in [5, 5.41) is 1.88. The molecule has 0 aliphatic rings. The van der Waals surface area contributed by atoms with Crippen LogP contribution in [0.15, 0.2) is 54.7 Å². The van der Waals surface area contributed by atoms with E-state index in [0.717, 1.165) is 27.2 Å². The molecule has 0 amide bonds. The fourth-order valence-corrected chi connectivity index (χ4v) is 2.09. The molecule has 3 heteroatoms. The molecule has 0 atom stereocenters. The molecule has 0 fully saturated rings. The molecule has 0 saturated carbocycles. The van der Waals surface area contributed by atoms with E-state index in [2.05, 4.69) is 4.98 Å². The van der Waals surface area contributed by atoms with Crippen LogP contribution in [0.2, 0.25) is 5.02 Å². The maximum Gasteiger partial charge on any atom is 0.120 e. The van der Waals surface area contributed by atoms with Gasteiger partial charge in [0.15, 0.2) is 0 Å². The first kappa shape index (κ1) is 11.2. The molecule has 3 rings (SSSR count). The zero-order chi connectivity index (χ0) is 12.4. The standard InChI is InChI=1S/C15H12ClNO/c16-14-4-2-1-3-12(14)10-18-13-5-6-15-11(9-13)7-8-17-15/h1-9,17H,10H2. The molecule has 0 aliphatic heterocycles. The average Bonchev–Trinajstić information content (AvgIpc) is 2.85. The minimum atomic E-state index is 0.482. The third-order valence-corrected chi connectivity index (χ3v) is 3.25. The normalized spacial score (nSPS) is 10.7. The molecule has 2 aromatic carbocycles. The Morgan fingerprint density at radius 3 is 2.83 bits per heavy atom. The Morgan fingerprint density at radius 2 is 1.94 bits per heavy atom. The molecular weight excluding hydrogens is 246 g/mol. The largest absolute Gasteiger partial charge is 0.489 e. The lowest BCUT2D eigenvalue weighted by Crippen LogP contribution is -1.95. The number of nitrogens with one attached hydrogen (secondary N) is 1. The first-order chi connectivity index (χ1) is 8.83. The highest BCUT2D eigenvalue weighted by Crippen LogP contribution is 2.22. The lowest BCUT2D eigenvalue weighted by molar-refractivity contribution is 0.307. The number of hydrogen-bond donors (Lipinski definition) is 1. The molecule has 0 spiro atoms. The van der Waals surface area contributed by atoms with Gasteiger partial charge >= 0.3 is 0 Å². The first-order valence-corrected chi connectivity index (χ1v) is 6.14. The molecule has 18 heavy (non-hydrogen) atoms. The van der Waals surface area contributed by atoms with Crippen LogP contribution in [0.1, 0.15) is 5.56 Å². The van der Waals surface area contributed by atoms with Crippen LogP contribution in [0.5, 0.6) is 5.75 Å². The molecule has 0 unspecified atom stereocenters. The van der Waals surface area contributed by atoms with E-state index in [0.29, 0.717) is 6.61 Å². The number of rotatable bonds is 3. The number of hydrogen-bond acceptors (Lipinski definition) is 1. The fraction of sp³-hybridized carbons (Fsp3) is 0.0667. The minimum Gasteiger partial charge on any atom is -0.489 e. The average molecular weight is 258 g/mol. The van der Waals surface area contributed by atoms with Gasteiger partial charge < -0.3 is 9.72 Å². The molecule has 0 bridgehead atoms. The van der Waals surface area contributed by atoms with Gasteiger partial charge in [0.2, 0.25) is 0 Å². The van der Waals surface area contributed by atoms with E-state index < -0.39 is 0 Å². The van der Waals surface area contributed by atoms with Crippen molar-refractivity contribution in [2.75, 3.05) is 0 Å². The van der Waals surface area contributed by atoms with E-state index in [1.807, 2.05) is 54.7 Å². The van der Waals surface area contributed by atoms with Crippen molar-refractivity contribution in [1.82, 2.24) is 4.98 Å². The van der Waals surface area contributed by atoms with Crippen molar-refractivity contribution >= 4 is 22.5 Å². The smallest absolute Gasteiger partial charge is 0.120 e. The number of H-pyrrole nitrogens is 1.